The zero-order chi connectivity index (χ0) is 16.0. The smallest absolute Gasteiger partial charge is 0.336 e. The van der Waals surface area contributed by atoms with Crippen LogP contribution in [0.5, 0.6) is 0 Å². The van der Waals surface area contributed by atoms with Crippen molar-refractivity contribution in [3.8, 4) is 0 Å². The Hall–Kier alpha value is -2.02. The third kappa shape index (κ3) is 2.49. The number of hydrogen-bond donors (Lipinski definition) is 1. The molecule has 4 saturated carbocycles. The second kappa shape index (κ2) is 5.26. The second-order valence-electron chi connectivity index (χ2n) is 7.66. The zero-order valence-electron chi connectivity index (χ0n) is 13.5. The van der Waals surface area contributed by atoms with Gasteiger partial charge in [-0.3, -0.25) is 0 Å². The van der Waals surface area contributed by atoms with E-state index in [1.54, 1.807) is 12.1 Å². The molecule has 4 nitrogen and oxygen atoms in total. The highest BCUT2D eigenvalue weighted by Crippen LogP contribution is 2.57. The third-order valence-corrected chi connectivity index (χ3v) is 5.98. The number of carbonyl (C=O) groups is 1. The summed E-state index contributed by atoms with van der Waals surface area (Å²) in [7, 11) is 1.36. The van der Waals surface area contributed by atoms with Crippen LogP contribution in [0.3, 0.4) is 0 Å². The van der Waals surface area contributed by atoms with E-state index in [1.807, 2.05) is 6.07 Å². The molecule has 0 amide bonds. The van der Waals surface area contributed by atoms with E-state index < -0.39 is 5.97 Å². The van der Waals surface area contributed by atoms with Crippen molar-refractivity contribution in [3.05, 3.63) is 35.2 Å². The molecule has 0 heterocycles. The summed E-state index contributed by atoms with van der Waals surface area (Å²) in [5.74, 6) is 2.19. The van der Waals surface area contributed by atoms with E-state index in [4.69, 9.17) is 11.3 Å². The number of benzene rings is 1. The van der Waals surface area contributed by atoms with Crippen molar-refractivity contribution < 1.29 is 9.53 Å². The van der Waals surface area contributed by atoms with Crippen molar-refractivity contribution in [1.82, 2.24) is 0 Å². The van der Waals surface area contributed by atoms with Crippen molar-refractivity contribution in [2.75, 3.05) is 12.4 Å². The van der Waals surface area contributed by atoms with Crippen molar-refractivity contribution in [2.45, 2.75) is 44.1 Å². The number of esters is 1. The van der Waals surface area contributed by atoms with E-state index in [1.165, 1.54) is 45.6 Å². The first-order valence-electron chi connectivity index (χ1n) is 8.49. The van der Waals surface area contributed by atoms with Gasteiger partial charge in [-0.2, -0.15) is 0 Å². The van der Waals surface area contributed by atoms with Gasteiger partial charge in [-0.15, -0.1) is 0 Å². The normalized spacial score (nSPS) is 34.0. The van der Waals surface area contributed by atoms with Crippen molar-refractivity contribution in [3.63, 3.8) is 0 Å². The Kier molecular flexibility index (Phi) is 3.33. The molecule has 23 heavy (non-hydrogen) atoms. The average molecular weight is 310 g/mol. The first-order valence-corrected chi connectivity index (χ1v) is 8.49. The molecule has 5 rings (SSSR count). The van der Waals surface area contributed by atoms with Gasteiger partial charge in [0.2, 0.25) is 5.69 Å². The molecule has 4 aliphatic rings. The lowest BCUT2D eigenvalue weighted by molar-refractivity contribution is 0.0107. The molecule has 4 bridgehead atoms. The van der Waals surface area contributed by atoms with Gasteiger partial charge in [0.15, 0.2) is 0 Å². The van der Waals surface area contributed by atoms with Gasteiger partial charge in [-0.25, -0.2) is 9.64 Å². The maximum absolute atomic E-state index is 11.7. The fraction of sp³-hybridized carbons (Fsp3) is 0.579. The average Bonchev–Trinajstić information content (AvgIpc) is 2.52. The number of anilines is 1. The van der Waals surface area contributed by atoms with E-state index in [9.17, 15) is 4.79 Å². The molecule has 4 aliphatic carbocycles. The van der Waals surface area contributed by atoms with Crippen LogP contribution >= 0.6 is 0 Å². The second-order valence-corrected chi connectivity index (χ2v) is 7.66. The lowest BCUT2D eigenvalue weighted by atomic mass is 9.53. The minimum atomic E-state index is -0.392. The Morgan fingerprint density at radius 3 is 2.35 bits per heavy atom. The van der Waals surface area contributed by atoms with Crippen LogP contribution in [0.25, 0.3) is 4.85 Å². The lowest BCUT2D eigenvalue weighted by Gasteiger charge is -2.57. The van der Waals surface area contributed by atoms with Crippen LogP contribution in [0.1, 0.15) is 48.9 Å². The molecule has 0 aromatic heterocycles. The number of methoxy groups -OCH3 is 1. The first kappa shape index (κ1) is 14.6. The number of nitrogens with one attached hydrogen (secondary N) is 1. The summed E-state index contributed by atoms with van der Waals surface area (Å²) < 4.78 is 4.75. The monoisotopic (exact) mass is 310 g/mol. The Balaban J connectivity index is 1.62. The van der Waals surface area contributed by atoms with Crippen LogP contribution in [0.15, 0.2) is 18.2 Å². The van der Waals surface area contributed by atoms with Crippen LogP contribution < -0.4 is 5.32 Å². The van der Waals surface area contributed by atoms with Crippen LogP contribution in [0.2, 0.25) is 0 Å². The SMILES string of the molecule is [C-]#[N+]c1cc(C(=O)OC)ccc1NC12CC3CC(CC(C3)C1)C2. The highest BCUT2D eigenvalue weighted by atomic mass is 16.5. The molecule has 0 aliphatic heterocycles. The molecule has 0 radical (unpaired) electrons. The lowest BCUT2D eigenvalue weighted by Crippen LogP contribution is -2.54. The van der Waals surface area contributed by atoms with Crippen molar-refractivity contribution in [1.29, 1.82) is 0 Å². The van der Waals surface area contributed by atoms with E-state index in [-0.39, 0.29) is 5.54 Å². The minimum absolute atomic E-state index is 0.168. The maximum Gasteiger partial charge on any atom is 0.336 e. The predicted octanol–water partition coefficient (Wildman–Crippen LogP) is 4.40. The molecule has 4 fully saturated rings. The Labute approximate surface area is 137 Å². The topological polar surface area (TPSA) is 42.7 Å². The number of hydrogen-bond acceptors (Lipinski definition) is 3. The zero-order valence-corrected chi connectivity index (χ0v) is 13.5. The fourth-order valence-corrected chi connectivity index (χ4v) is 5.52. The summed E-state index contributed by atoms with van der Waals surface area (Å²) in [4.78, 5) is 15.3. The largest absolute Gasteiger partial charge is 0.465 e. The summed E-state index contributed by atoms with van der Waals surface area (Å²) in [5.41, 5.74) is 1.99. The molecular formula is C19H22N2O2. The molecule has 0 unspecified atom stereocenters. The number of rotatable bonds is 3. The Morgan fingerprint density at radius 2 is 1.83 bits per heavy atom. The highest BCUT2D eigenvalue weighted by Gasteiger charge is 2.50. The standard InChI is InChI=1S/C19H22N2O2/c1-20-17-8-15(18(22)23-2)3-4-16(17)21-19-9-12-5-13(10-19)7-14(6-12)11-19/h3-4,8,12-14,21H,5-7,9-11H2,2H3. The van der Waals surface area contributed by atoms with Gasteiger partial charge in [0.1, 0.15) is 0 Å². The Bertz CT molecular complexity index is 654. The molecule has 1 N–H and O–H groups in total. The molecule has 4 heteroatoms. The summed E-state index contributed by atoms with van der Waals surface area (Å²) in [6.45, 7) is 7.45. The molecule has 0 saturated heterocycles. The van der Waals surface area contributed by atoms with Crippen LogP contribution in [-0.2, 0) is 4.74 Å². The summed E-state index contributed by atoms with van der Waals surface area (Å²) in [6, 6.07) is 5.27. The first-order chi connectivity index (χ1) is 11.1. The van der Waals surface area contributed by atoms with Crippen LogP contribution in [0, 0.1) is 24.3 Å². The van der Waals surface area contributed by atoms with Crippen molar-refractivity contribution >= 4 is 17.3 Å². The highest BCUT2D eigenvalue weighted by molar-refractivity contribution is 5.92. The number of ether oxygens (including phenoxy) is 1. The van der Waals surface area contributed by atoms with Gasteiger partial charge in [0.05, 0.1) is 13.7 Å². The fourth-order valence-electron chi connectivity index (χ4n) is 5.52. The maximum atomic E-state index is 11.7. The van der Waals surface area contributed by atoms with Gasteiger partial charge in [0, 0.05) is 16.8 Å². The van der Waals surface area contributed by atoms with E-state index in [0.717, 1.165) is 23.4 Å². The van der Waals surface area contributed by atoms with Crippen molar-refractivity contribution in [2.24, 2.45) is 17.8 Å². The van der Waals surface area contributed by atoms with Gasteiger partial charge in [-0.1, -0.05) is 0 Å². The molecule has 1 aromatic rings. The number of nitrogens with zero attached hydrogens (tertiary/aromatic N) is 1. The van der Waals surface area contributed by atoms with E-state index in [0.29, 0.717) is 11.3 Å². The summed E-state index contributed by atoms with van der Waals surface area (Å²) in [6.07, 6.45) is 7.90. The minimum Gasteiger partial charge on any atom is -0.465 e. The van der Waals surface area contributed by atoms with Gasteiger partial charge < -0.3 is 10.1 Å². The molecule has 1 aromatic carbocycles. The van der Waals surface area contributed by atoms with E-state index >= 15 is 0 Å². The third-order valence-electron chi connectivity index (χ3n) is 5.98. The molecule has 0 spiro atoms. The predicted molar refractivity (Wildman–Crippen MR) is 88.6 cm³/mol. The molecule has 0 atom stereocenters. The molecule has 120 valence electrons. The Morgan fingerprint density at radius 1 is 1.22 bits per heavy atom. The number of carbonyl (C=O) groups excluding carboxylic acids is 1. The summed E-state index contributed by atoms with van der Waals surface area (Å²) in [5, 5.41) is 3.72. The summed E-state index contributed by atoms with van der Waals surface area (Å²) >= 11 is 0. The van der Waals surface area contributed by atoms with Crippen LogP contribution in [-0.4, -0.2) is 18.6 Å². The van der Waals surface area contributed by atoms with Gasteiger partial charge in [0.25, 0.3) is 0 Å². The molecular weight excluding hydrogens is 288 g/mol. The quantitative estimate of drug-likeness (QED) is 0.664. The van der Waals surface area contributed by atoms with Gasteiger partial charge >= 0.3 is 5.97 Å². The van der Waals surface area contributed by atoms with E-state index in [2.05, 4.69) is 10.2 Å². The van der Waals surface area contributed by atoms with Gasteiger partial charge in [-0.05, 0) is 74.5 Å². The van der Waals surface area contributed by atoms with Crippen LogP contribution in [0.4, 0.5) is 11.4 Å².